The van der Waals surface area contributed by atoms with Crippen LogP contribution in [0.4, 0.5) is 17.5 Å². The van der Waals surface area contributed by atoms with Crippen molar-refractivity contribution < 1.29 is 0 Å². The second kappa shape index (κ2) is 7.19. The molecule has 0 spiro atoms. The number of halogens is 1. The lowest BCUT2D eigenvalue weighted by molar-refractivity contribution is 1.05. The molecule has 0 radical (unpaired) electrons. The van der Waals surface area contributed by atoms with Gasteiger partial charge in [0.2, 0.25) is 5.95 Å². The first kappa shape index (κ1) is 15.4. The Morgan fingerprint density at radius 1 is 1.04 bits per heavy atom. The van der Waals surface area contributed by atoms with Crippen molar-refractivity contribution in [3.63, 3.8) is 0 Å². The first-order valence-electron chi connectivity index (χ1n) is 7.20. The zero-order valence-corrected chi connectivity index (χ0v) is 14.2. The van der Waals surface area contributed by atoms with Crippen molar-refractivity contribution in [1.29, 1.82) is 0 Å². The highest BCUT2D eigenvalue weighted by Gasteiger charge is 2.03. The molecule has 23 heavy (non-hydrogen) atoms. The smallest absolute Gasteiger partial charge is 0.224 e. The Labute approximate surface area is 143 Å². The van der Waals surface area contributed by atoms with Crippen molar-refractivity contribution >= 4 is 33.4 Å². The molecular formula is C17H16BrN5. The Hall–Kier alpha value is -2.47. The second-order valence-electron chi connectivity index (χ2n) is 5.06. The number of nitrogens with zero attached hydrogens (tertiary/aromatic N) is 3. The highest BCUT2D eigenvalue weighted by Crippen LogP contribution is 2.23. The Morgan fingerprint density at radius 2 is 1.87 bits per heavy atom. The van der Waals surface area contributed by atoms with Crippen LogP contribution in [0, 0.1) is 6.92 Å². The number of aromatic nitrogens is 3. The van der Waals surface area contributed by atoms with E-state index in [0.29, 0.717) is 12.5 Å². The largest absolute Gasteiger partial charge is 0.350 e. The van der Waals surface area contributed by atoms with Gasteiger partial charge in [-0.15, -0.1) is 0 Å². The van der Waals surface area contributed by atoms with Crippen LogP contribution in [0.2, 0.25) is 0 Å². The van der Waals surface area contributed by atoms with Crippen molar-refractivity contribution in [3.8, 4) is 0 Å². The topological polar surface area (TPSA) is 62.7 Å². The molecular weight excluding hydrogens is 354 g/mol. The van der Waals surface area contributed by atoms with Gasteiger partial charge in [-0.05, 0) is 54.4 Å². The lowest BCUT2D eigenvalue weighted by atomic mass is 10.2. The monoisotopic (exact) mass is 369 g/mol. The van der Waals surface area contributed by atoms with Gasteiger partial charge in [0, 0.05) is 35.3 Å². The first-order chi connectivity index (χ1) is 11.2. The summed E-state index contributed by atoms with van der Waals surface area (Å²) in [7, 11) is 0. The van der Waals surface area contributed by atoms with E-state index in [2.05, 4.69) is 54.5 Å². The molecule has 0 amide bonds. The molecule has 0 aliphatic carbocycles. The standard InChI is InChI=1S/C17H16BrN5/c1-12-10-14(18)2-3-15(12)22-16-6-9-20-17(23-16)21-11-13-4-7-19-8-5-13/h2-10H,11H2,1H3,(H2,20,21,22,23). The minimum Gasteiger partial charge on any atom is -0.350 e. The molecule has 3 rings (SSSR count). The van der Waals surface area contributed by atoms with Crippen LogP contribution >= 0.6 is 15.9 Å². The third-order valence-electron chi connectivity index (χ3n) is 3.31. The average Bonchev–Trinajstić information content (AvgIpc) is 2.57. The van der Waals surface area contributed by atoms with Gasteiger partial charge in [-0.3, -0.25) is 4.98 Å². The summed E-state index contributed by atoms with van der Waals surface area (Å²) in [5, 5.41) is 6.53. The number of rotatable bonds is 5. The molecule has 2 aromatic heterocycles. The van der Waals surface area contributed by atoms with E-state index < -0.39 is 0 Å². The van der Waals surface area contributed by atoms with Crippen molar-refractivity contribution in [1.82, 2.24) is 15.0 Å². The summed E-state index contributed by atoms with van der Waals surface area (Å²) in [6.07, 6.45) is 5.27. The molecule has 0 atom stereocenters. The van der Waals surface area contributed by atoms with E-state index in [9.17, 15) is 0 Å². The second-order valence-corrected chi connectivity index (χ2v) is 5.97. The van der Waals surface area contributed by atoms with Gasteiger partial charge in [-0.1, -0.05) is 15.9 Å². The zero-order chi connectivity index (χ0) is 16.1. The van der Waals surface area contributed by atoms with Crippen LogP contribution < -0.4 is 10.6 Å². The fourth-order valence-corrected chi connectivity index (χ4v) is 2.58. The van der Waals surface area contributed by atoms with E-state index in [1.807, 2.05) is 30.3 Å². The highest BCUT2D eigenvalue weighted by molar-refractivity contribution is 9.10. The molecule has 0 unspecified atom stereocenters. The summed E-state index contributed by atoms with van der Waals surface area (Å²) in [6, 6.07) is 11.8. The summed E-state index contributed by atoms with van der Waals surface area (Å²) < 4.78 is 1.06. The molecule has 0 saturated carbocycles. The molecule has 6 heteroatoms. The van der Waals surface area contributed by atoms with Gasteiger partial charge in [0.1, 0.15) is 5.82 Å². The Balaban J connectivity index is 1.69. The predicted octanol–water partition coefficient (Wildman–Crippen LogP) is 4.30. The van der Waals surface area contributed by atoms with E-state index in [0.717, 1.165) is 27.1 Å². The molecule has 5 nitrogen and oxygen atoms in total. The van der Waals surface area contributed by atoms with E-state index in [1.54, 1.807) is 18.6 Å². The Kier molecular flexibility index (Phi) is 4.83. The highest BCUT2D eigenvalue weighted by atomic mass is 79.9. The summed E-state index contributed by atoms with van der Waals surface area (Å²) in [5.41, 5.74) is 3.29. The van der Waals surface area contributed by atoms with Crippen LogP contribution in [-0.4, -0.2) is 15.0 Å². The van der Waals surface area contributed by atoms with E-state index in [1.165, 1.54) is 0 Å². The lowest BCUT2D eigenvalue weighted by Gasteiger charge is -2.10. The fourth-order valence-electron chi connectivity index (χ4n) is 2.10. The lowest BCUT2D eigenvalue weighted by Crippen LogP contribution is -2.05. The zero-order valence-electron chi connectivity index (χ0n) is 12.6. The first-order valence-corrected chi connectivity index (χ1v) is 7.99. The molecule has 0 aliphatic heterocycles. The molecule has 2 heterocycles. The van der Waals surface area contributed by atoms with Gasteiger partial charge in [0.25, 0.3) is 0 Å². The van der Waals surface area contributed by atoms with Crippen molar-refractivity contribution in [3.05, 3.63) is 70.6 Å². The fraction of sp³-hybridized carbons (Fsp3) is 0.118. The van der Waals surface area contributed by atoms with Gasteiger partial charge in [0.05, 0.1) is 0 Å². The van der Waals surface area contributed by atoms with E-state index in [4.69, 9.17) is 0 Å². The summed E-state index contributed by atoms with van der Waals surface area (Å²) >= 11 is 3.47. The van der Waals surface area contributed by atoms with Gasteiger partial charge < -0.3 is 10.6 Å². The number of benzene rings is 1. The van der Waals surface area contributed by atoms with Gasteiger partial charge >= 0.3 is 0 Å². The average molecular weight is 370 g/mol. The minimum absolute atomic E-state index is 0.585. The summed E-state index contributed by atoms with van der Waals surface area (Å²) in [4.78, 5) is 12.7. The Morgan fingerprint density at radius 3 is 2.65 bits per heavy atom. The van der Waals surface area contributed by atoms with Crippen molar-refractivity contribution in [2.45, 2.75) is 13.5 Å². The van der Waals surface area contributed by atoms with Crippen LogP contribution in [0.5, 0.6) is 0 Å². The minimum atomic E-state index is 0.585. The third-order valence-corrected chi connectivity index (χ3v) is 3.80. The maximum absolute atomic E-state index is 4.49. The molecule has 2 N–H and O–H groups in total. The van der Waals surface area contributed by atoms with Gasteiger partial charge in [-0.25, -0.2) is 4.98 Å². The van der Waals surface area contributed by atoms with Crippen LogP contribution in [0.3, 0.4) is 0 Å². The molecule has 0 saturated heterocycles. The molecule has 0 bridgehead atoms. The number of aryl methyl sites for hydroxylation is 1. The molecule has 116 valence electrons. The Bertz CT molecular complexity index is 792. The van der Waals surface area contributed by atoms with Crippen LogP contribution in [0.15, 0.2) is 59.5 Å². The van der Waals surface area contributed by atoms with E-state index >= 15 is 0 Å². The summed E-state index contributed by atoms with van der Waals surface area (Å²) in [5.74, 6) is 1.34. The SMILES string of the molecule is Cc1cc(Br)ccc1Nc1ccnc(NCc2ccncc2)n1. The maximum Gasteiger partial charge on any atom is 0.224 e. The molecule has 1 aromatic carbocycles. The number of nitrogens with one attached hydrogen (secondary N) is 2. The van der Waals surface area contributed by atoms with E-state index in [-0.39, 0.29) is 0 Å². The van der Waals surface area contributed by atoms with Gasteiger partial charge in [-0.2, -0.15) is 4.98 Å². The van der Waals surface area contributed by atoms with Crippen molar-refractivity contribution in [2.24, 2.45) is 0 Å². The summed E-state index contributed by atoms with van der Waals surface area (Å²) in [6.45, 7) is 2.71. The predicted molar refractivity (Wildman–Crippen MR) is 95.8 cm³/mol. The van der Waals surface area contributed by atoms with Crippen LogP contribution in [-0.2, 0) is 6.54 Å². The number of hydrogen-bond donors (Lipinski definition) is 2. The molecule has 0 aliphatic rings. The van der Waals surface area contributed by atoms with Gasteiger partial charge in [0.15, 0.2) is 0 Å². The number of hydrogen-bond acceptors (Lipinski definition) is 5. The normalized spacial score (nSPS) is 10.3. The molecule has 0 fully saturated rings. The number of anilines is 3. The van der Waals surface area contributed by atoms with Crippen LogP contribution in [0.1, 0.15) is 11.1 Å². The van der Waals surface area contributed by atoms with Crippen LogP contribution in [0.25, 0.3) is 0 Å². The quantitative estimate of drug-likeness (QED) is 0.701. The number of pyridine rings is 1. The third kappa shape index (κ3) is 4.26. The molecule has 3 aromatic rings. The maximum atomic E-state index is 4.49. The van der Waals surface area contributed by atoms with Crippen molar-refractivity contribution in [2.75, 3.05) is 10.6 Å².